The second kappa shape index (κ2) is 8.34. The maximum absolute atomic E-state index is 6.42. The first-order valence-corrected chi connectivity index (χ1v) is 11.3. The van der Waals surface area contributed by atoms with Gasteiger partial charge in [0.1, 0.15) is 5.82 Å². The highest BCUT2D eigenvalue weighted by Gasteiger charge is 2.36. The number of nitrogens with one attached hydrogen (secondary N) is 1. The minimum absolute atomic E-state index is 0.119. The van der Waals surface area contributed by atoms with E-state index in [0.717, 1.165) is 46.0 Å². The zero-order valence-corrected chi connectivity index (χ0v) is 18.7. The Balaban J connectivity index is 1.64. The number of aliphatic imine (C=N–C) groups is 1. The van der Waals surface area contributed by atoms with Gasteiger partial charge in [-0.2, -0.15) is 0 Å². The summed E-state index contributed by atoms with van der Waals surface area (Å²) in [5, 5.41) is 5.12. The number of nitrogens with two attached hydrogens (primary N) is 1. The van der Waals surface area contributed by atoms with Crippen LogP contribution in [0.25, 0.3) is 22.4 Å². The van der Waals surface area contributed by atoms with Gasteiger partial charge >= 0.3 is 0 Å². The number of hydrazine groups is 1. The molecule has 0 amide bonds. The Morgan fingerprint density at radius 2 is 1.81 bits per heavy atom. The number of allylic oxidation sites excluding steroid dienone is 1. The molecule has 32 heavy (non-hydrogen) atoms. The molecule has 3 N–H and O–H groups in total. The Bertz CT molecular complexity index is 1170. The Labute approximate surface area is 189 Å². The largest absolute Gasteiger partial charge is 0.310 e. The van der Waals surface area contributed by atoms with E-state index in [0.29, 0.717) is 0 Å². The molecule has 2 aromatic carbocycles. The molecule has 0 atom stereocenters. The number of hydrogen-bond acceptors (Lipinski definition) is 5. The van der Waals surface area contributed by atoms with Gasteiger partial charge in [-0.05, 0) is 56.0 Å². The van der Waals surface area contributed by atoms with Gasteiger partial charge in [0.2, 0.25) is 0 Å². The summed E-state index contributed by atoms with van der Waals surface area (Å²) >= 11 is 0. The van der Waals surface area contributed by atoms with Crippen molar-refractivity contribution in [1.29, 1.82) is 0 Å². The molecule has 0 spiro atoms. The van der Waals surface area contributed by atoms with E-state index < -0.39 is 0 Å². The van der Waals surface area contributed by atoms with E-state index in [1.54, 1.807) is 5.01 Å². The summed E-state index contributed by atoms with van der Waals surface area (Å²) in [6.07, 6.45) is 8.37. The van der Waals surface area contributed by atoms with Gasteiger partial charge in [0.25, 0.3) is 0 Å². The van der Waals surface area contributed by atoms with Crippen LogP contribution in [-0.4, -0.2) is 18.2 Å². The maximum atomic E-state index is 6.42. The lowest BCUT2D eigenvalue weighted by atomic mass is 9.72. The van der Waals surface area contributed by atoms with E-state index in [1.807, 2.05) is 18.4 Å². The molecular formula is C27H29N5. The van der Waals surface area contributed by atoms with Crippen LogP contribution in [0.1, 0.15) is 43.7 Å². The van der Waals surface area contributed by atoms with E-state index in [-0.39, 0.29) is 5.54 Å². The number of hydrogen-bond donors (Lipinski definition) is 2. The fraction of sp³-hybridized carbons (Fsp3) is 0.259. The second-order valence-electron chi connectivity index (χ2n) is 8.53. The monoisotopic (exact) mass is 423 g/mol. The number of fused-ring (bicyclic) bond motifs is 1. The minimum Gasteiger partial charge on any atom is -0.310 e. The molecule has 1 fully saturated rings. The van der Waals surface area contributed by atoms with Crippen molar-refractivity contribution in [3.05, 3.63) is 83.7 Å². The molecule has 1 saturated carbocycles. The number of anilines is 1. The average Bonchev–Trinajstić information content (AvgIpc) is 2.81. The number of rotatable bonds is 5. The van der Waals surface area contributed by atoms with Crippen molar-refractivity contribution in [3.8, 4) is 22.4 Å². The van der Waals surface area contributed by atoms with Crippen molar-refractivity contribution in [2.75, 3.05) is 12.1 Å². The SMILES string of the molecule is CC/C=C1/N=Cc2cc(-c3ccccc3)c(-c3ccc(C4(NC)CCC4)cc3)nc2N1N. The van der Waals surface area contributed by atoms with Crippen LogP contribution < -0.4 is 16.2 Å². The summed E-state index contributed by atoms with van der Waals surface area (Å²) < 4.78 is 0. The third-order valence-corrected chi connectivity index (χ3v) is 6.71. The smallest absolute Gasteiger partial charge is 0.158 e. The van der Waals surface area contributed by atoms with Crippen LogP contribution in [0.15, 0.2) is 77.6 Å². The molecule has 0 bridgehead atoms. The van der Waals surface area contributed by atoms with Gasteiger partial charge in [-0.15, -0.1) is 0 Å². The van der Waals surface area contributed by atoms with E-state index in [4.69, 9.17) is 10.8 Å². The van der Waals surface area contributed by atoms with E-state index in [2.05, 4.69) is 78.9 Å². The number of aromatic nitrogens is 1. The molecule has 5 nitrogen and oxygen atoms in total. The average molecular weight is 424 g/mol. The molecule has 1 aliphatic heterocycles. The Morgan fingerprint density at radius 1 is 1.06 bits per heavy atom. The summed E-state index contributed by atoms with van der Waals surface area (Å²) in [5.41, 5.74) is 6.59. The highest BCUT2D eigenvalue weighted by molar-refractivity contribution is 5.95. The van der Waals surface area contributed by atoms with Crippen LogP contribution in [0.4, 0.5) is 5.82 Å². The molecular weight excluding hydrogens is 394 g/mol. The lowest BCUT2D eigenvalue weighted by Crippen LogP contribution is -2.45. The summed E-state index contributed by atoms with van der Waals surface area (Å²) in [7, 11) is 2.06. The third-order valence-electron chi connectivity index (χ3n) is 6.71. The van der Waals surface area contributed by atoms with Crippen LogP contribution >= 0.6 is 0 Å². The van der Waals surface area contributed by atoms with Crippen molar-refractivity contribution in [3.63, 3.8) is 0 Å². The predicted molar refractivity (Wildman–Crippen MR) is 132 cm³/mol. The van der Waals surface area contributed by atoms with Gasteiger partial charge in [0.05, 0.1) is 5.69 Å². The molecule has 1 aliphatic carbocycles. The molecule has 0 saturated heterocycles. The summed E-state index contributed by atoms with van der Waals surface area (Å²) in [6.45, 7) is 2.07. The molecule has 2 aliphatic rings. The third kappa shape index (κ3) is 3.44. The molecule has 3 aromatic rings. The normalized spacial score (nSPS) is 17.8. The van der Waals surface area contributed by atoms with Crippen molar-refractivity contribution in [2.24, 2.45) is 10.8 Å². The van der Waals surface area contributed by atoms with Crippen LogP contribution in [0.2, 0.25) is 0 Å². The first kappa shape index (κ1) is 20.6. The topological polar surface area (TPSA) is 66.5 Å². The first-order valence-electron chi connectivity index (χ1n) is 11.3. The van der Waals surface area contributed by atoms with Crippen LogP contribution in [0.5, 0.6) is 0 Å². The molecule has 0 radical (unpaired) electrons. The second-order valence-corrected chi connectivity index (χ2v) is 8.53. The fourth-order valence-corrected chi connectivity index (χ4v) is 4.67. The maximum Gasteiger partial charge on any atom is 0.158 e. The van der Waals surface area contributed by atoms with Gasteiger partial charge in [-0.25, -0.2) is 20.8 Å². The van der Waals surface area contributed by atoms with Crippen LogP contribution in [-0.2, 0) is 5.54 Å². The molecule has 2 heterocycles. The van der Waals surface area contributed by atoms with Crippen molar-refractivity contribution < 1.29 is 0 Å². The number of nitrogens with zero attached hydrogens (tertiary/aromatic N) is 3. The van der Waals surface area contributed by atoms with Crippen LogP contribution in [0.3, 0.4) is 0 Å². The molecule has 5 heteroatoms. The van der Waals surface area contributed by atoms with Gasteiger partial charge in [-0.1, -0.05) is 61.5 Å². The zero-order chi connectivity index (χ0) is 22.1. The van der Waals surface area contributed by atoms with Crippen molar-refractivity contribution >= 4 is 12.0 Å². The molecule has 162 valence electrons. The van der Waals surface area contributed by atoms with Crippen LogP contribution in [0, 0.1) is 0 Å². The number of benzene rings is 2. The zero-order valence-electron chi connectivity index (χ0n) is 18.7. The van der Waals surface area contributed by atoms with E-state index in [1.165, 1.54) is 24.8 Å². The Kier molecular flexibility index (Phi) is 5.37. The van der Waals surface area contributed by atoms with Gasteiger partial charge in [-0.3, -0.25) is 0 Å². The van der Waals surface area contributed by atoms with Gasteiger partial charge in [0.15, 0.2) is 5.82 Å². The lowest BCUT2D eigenvalue weighted by Gasteiger charge is -2.42. The summed E-state index contributed by atoms with van der Waals surface area (Å²) in [6, 6.07) is 21.4. The van der Waals surface area contributed by atoms with Crippen molar-refractivity contribution in [2.45, 2.75) is 38.1 Å². The van der Waals surface area contributed by atoms with Crippen molar-refractivity contribution in [1.82, 2.24) is 10.3 Å². The minimum atomic E-state index is 0.119. The highest BCUT2D eigenvalue weighted by atomic mass is 15.5. The van der Waals surface area contributed by atoms with E-state index in [9.17, 15) is 0 Å². The van der Waals surface area contributed by atoms with E-state index >= 15 is 0 Å². The molecule has 1 aromatic heterocycles. The predicted octanol–water partition coefficient (Wildman–Crippen LogP) is 5.38. The molecule has 5 rings (SSSR count). The molecule has 0 unspecified atom stereocenters. The Hall–Kier alpha value is -3.28. The summed E-state index contributed by atoms with van der Waals surface area (Å²) in [5.74, 6) is 7.87. The summed E-state index contributed by atoms with van der Waals surface area (Å²) in [4.78, 5) is 9.61. The van der Waals surface area contributed by atoms with Gasteiger partial charge in [0, 0.05) is 28.4 Å². The fourth-order valence-electron chi connectivity index (χ4n) is 4.67. The standard InChI is InChI=1S/C27H29N5/c1-3-8-24-30-18-21-17-23(19-9-5-4-6-10-19)25(31-26(21)32(24)28)20-11-13-22(14-12-20)27(29-2)15-7-16-27/h4-6,8-14,17-18,29H,3,7,15-16,28H2,1-2H3/b24-8-. The number of pyridine rings is 1. The van der Waals surface area contributed by atoms with Gasteiger partial charge < -0.3 is 5.32 Å². The first-order chi connectivity index (χ1) is 15.6. The highest BCUT2D eigenvalue weighted by Crippen LogP contribution is 2.42. The Morgan fingerprint density at radius 3 is 2.44 bits per heavy atom. The lowest BCUT2D eigenvalue weighted by molar-refractivity contribution is 0.201. The quantitative estimate of drug-likeness (QED) is 0.541.